The van der Waals surface area contributed by atoms with Crippen LogP contribution in [0.4, 0.5) is 0 Å². The minimum Gasteiger partial charge on any atom is -0.359 e. The van der Waals surface area contributed by atoms with Crippen LogP contribution in [0.1, 0.15) is 11.5 Å². The van der Waals surface area contributed by atoms with Crippen LogP contribution in [0, 0.1) is 6.92 Å². The van der Waals surface area contributed by atoms with E-state index in [4.69, 9.17) is 4.52 Å². The van der Waals surface area contributed by atoms with E-state index in [1.807, 2.05) is 6.92 Å². The maximum absolute atomic E-state index is 11.3. The zero-order chi connectivity index (χ0) is 9.97. The van der Waals surface area contributed by atoms with Crippen LogP contribution in [0.3, 0.4) is 0 Å². The number of aryl methyl sites for hydroxylation is 1. The molecule has 0 aliphatic rings. The molecule has 2 aromatic heterocycles. The molecule has 0 bridgehead atoms. The number of hydrogen-bond acceptors (Lipinski definition) is 4. The molecule has 2 heterocycles. The Morgan fingerprint density at radius 3 is 3.07 bits per heavy atom. The summed E-state index contributed by atoms with van der Waals surface area (Å²) in [7, 11) is 0. The molecule has 5 nitrogen and oxygen atoms in total. The van der Waals surface area contributed by atoms with Crippen molar-refractivity contribution in [1.82, 2.24) is 14.9 Å². The monoisotopic (exact) mass is 191 g/mol. The Hall–Kier alpha value is -1.91. The lowest BCUT2D eigenvalue weighted by atomic mass is 10.4. The molecule has 0 fully saturated rings. The van der Waals surface area contributed by atoms with Gasteiger partial charge in [-0.25, -0.2) is 4.68 Å². The largest absolute Gasteiger partial charge is 0.359 e. The first kappa shape index (κ1) is 8.68. The van der Waals surface area contributed by atoms with Gasteiger partial charge < -0.3 is 4.52 Å². The molecule has 0 amide bonds. The molecule has 0 aliphatic carbocycles. The topological polar surface area (TPSA) is 60.9 Å². The smallest absolute Gasteiger partial charge is 0.267 e. The van der Waals surface area contributed by atoms with Crippen molar-refractivity contribution in [2.24, 2.45) is 0 Å². The second-order valence-electron chi connectivity index (χ2n) is 2.95. The van der Waals surface area contributed by atoms with Gasteiger partial charge >= 0.3 is 0 Å². The van der Waals surface area contributed by atoms with E-state index in [-0.39, 0.29) is 5.56 Å². The molecule has 0 radical (unpaired) electrons. The van der Waals surface area contributed by atoms with Crippen LogP contribution in [0.2, 0.25) is 0 Å². The molecular formula is C9H9N3O2. The lowest BCUT2D eigenvalue weighted by molar-refractivity contribution is 0.365. The van der Waals surface area contributed by atoms with E-state index in [1.165, 1.54) is 10.7 Å². The van der Waals surface area contributed by atoms with Crippen molar-refractivity contribution in [2.45, 2.75) is 13.5 Å². The second-order valence-corrected chi connectivity index (χ2v) is 2.95. The van der Waals surface area contributed by atoms with E-state index >= 15 is 0 Å². The van der Waals surface area contributed by atoms with E-state index in [0.717, 1.165) is 5.69 Å². The van der Waals surface area contributed by atoms with E-state index < -0.39 is 0 Å². The van der Waals surface area contributed by atoms with Gasteiger partial charge in [0.15, 0.2) is 5.76 Å². The Labute approximate surface area is 80.0 Å². The fourth-order valence-corrected chi connectivity index (χ4v) is 1.14. The summed E-state index contributed by atoms with van der Waals surface area (Å²) in [5.74, 6) is 0.628. The molecule has 0 saturated heterocycles. The normalized spacial score (nSPS) is 10.4. The number of nitrogens with zero attached hydrogens (tertiary/aromatic N) is 3. The van der Waals surface area contributed by atoms with Gasteiger partial charge in [-0.3, -0.25) is 4.79 Å². The highest BCUT2D eigenvalue weighted by Crippen LogP contribution is 2.02. The SMILES string of the molecule is Cc1cc(Cn2ncccc2=O)on1. The van der Waals surface area contributed by atoms with Gasteiger partial charge in [0.1, 0.15) is 6.54 Å². The molecule has 0 aliphatic heterocycles. The van der Waals surface area contributed by atoms with Gasteiger partial charge in [0.2, 0.25) is 0 Å². The second kappa shape index (κ2) is 3.45. The average molecular weight is 191 g/mol. The minimum absolute atomic E-state index is 0.151. The van der Waals surface area contributed by atoms with Crippen molar-refractivity contribution in [3.8, 4) is 0 Å². The molecule has 0 atom stereocenters. The fourth-order valence-electron chi connectivity index (χ4n) is 1.14. The van der Waals surface area contributed by atoms with Crippen molar-refractivity contribution in [3.05, 3.63) is 46.2 Å². The molecule has 0 aromatic carbocycles. The average Bonchev–Trinajstić information content (AvgIpc) is 2.56. The van der Waals surface area contributed by atoms with Crippen LogP contribution in [-0.2, 0) is 6.54 Å². The Balaban J connectivity index is 2.27. The predicted molar refractivity (Wildman–Crippen MR) is 48.8 cm³/mol. The summed E-state index contributed by atoms with van der Waals surface area (Å²) in [5.41, 5.74) is 0.644. The Bertz CT molecular complexity index is 487. The molecule has 0 unspecified atom stereocenters. The van der Waals surface area contributed by atoms with Gasteiger partial charge in [0.05, 0.1) is 5.69 Å². The molecule has 2 rings (SSSR count). The molecular weight excluding hydrogens is 182 g/mol. The molecule has 0 spiro atoms. The van der Waals surface area contributed by atoms with Crippen LogP contribution in [0.25, 0.3) is 0 Å². The summed E-state index contributed by atoms with van der Waals surface area (Å²) >= 11 is 0. The number of aromatic nitrogens is 3. The third-order valence-electron chi connectivity index (χ3n) is 1.77. The summed E-state index contributed by atoms with van der Waals surface area (Å²) in [6, 6.07) is 4.84. The maximum atomic E-state index is 11.3. The summed E-state index contributed by atoms with van der Waals surface area (Å²) in [6.45, 7) is 2.15. The third kappa shape index (κ3) is 1.71. The van der Waals surface area contributed by atoms with Crippen LogP contribution in [0.15, 0.2) is 33.7 Å². The van der Waals surface area contributed by atoms with Crippen molar-refractivity contribution in [3.63, 3.8) is 0 Å². The standard InChI is InChI=1S/C9H9N3O2/c1-7-5-8(14-11-7)6-12-9(13)3-2-4-10-12/h2-5H,6H2,1H3. The van der Waals surface area contributed by atoms with Gasteiger partial charge in [0.25, 0.3) is 5.56 Å². The van der Waals surface area contributed by atoms with E-state index in [0.29, 0.717) is 12.3 Å². The van der Waals surface area contributed by atoms with E-state index in [2.05, 4.69) is 10.3 Å². The van der Waals surface area contributed by atoms with Gasteiger partial charge in [-0.15, -0.1) is 0 Å². The highest BCUT2D eigenvalue weighted by atomic mass is 16.5. The number of hydrogen-bond donors (Lipinski definition) is 0. The van der Waals surface area contributed by atoms with Crippen LogP contribution < -0.4 is 5.56 Å². The summed E-state index contributed by atoms with van der Waals surface area (Å²) in [6.07, 6.45) is 1.56. The highest BCUT2D eigenvalue weighted by Gasteiger charge is 2.02. The minimum atomic E-state index is -0.151. The number of rotatable bonds is 2. The highest BCUT2D eigenvalue weighted by molar-refractivity contribution is 5.03. The van der Waals surface area contributed by atoms with Gasteiger partial charge in [-0.1, -0.05) is 5.16 Å². The summed E-state index contributed by atoms with van der Waals surface area (Å²) in [4.78, 5) is 11.3. The predicted octanol–water partition coefficient (Wildman–Crippen LogP) is 0.588. The van der Waals surface area contributed by atoms with E-state index in [9.17, 15) is 4.79 Å². The van der Waals surface area contributed by atoms with Crippen molar-refractivity contribution >= 4 is 0 Å². The van der Waals surface area contributed by atoms with Crippen molar-refractivity contribution < 1.29 is 4.52 Å². The molecule has 14 heavy (non-hydrogen) atoms. The Kier molecular flexibility index (Phi) is 2.14. The lowest BCUT2D eigenvalue weighted by Gasteiger charge is -1.98. The third-order valence-corrected chi connectivity index (χ3v) is 1.77. The Morgan fingerprint density at radius 1 is 1.57 bits per heavy atom. The van der Waals surface area contributed by atoms with Crippen molar-refractivity contribution in [2.75, 3.05) is 0 Å². The van der Waals surface area contributed by atoms with Gasteiger partial charge in [-0.05, 0) is 13.0 Å². The Morgan fingerprint density at radius 2 is 2.43 bits per heavy atom. The van der Waals surface area contributed by atoms with Gasteiger partial charge in [0, 0.05) is 18.3 Å². The van der Waals surface area contributed by atoms with Crippen LogP contribution >= 0.6 is 0 Å². The summed E-state index contributed by atoms with van der Waals surface area (Å²) in [5, 5.41) is 7.62. The zero-order valence-corrected chi connectivity index (χ0v) is 7.67. The quantitative estimate of drug-likeness (QED) is 0.696. The molecule has 2 aromatic rings. The van der Waals surface area contributed by atoms with Crippen LogP contribution in [-0.4, -0.2) is 14.9 Å². The summed E-state index contributed by atoms with van der Waals surface area (Å²) < 4.78 is 6.29. The van der Waals surface area contributed by atoms with Crippen molar-refractivity contribution in [1.29, 1.82) is 0 Å². The zero-order valence-electron chi connectivity index (χ0n) is 7.67. The molecule has 5 heteroatoms. The van der Waals surface area contributed by atoms with E-state index in [1.54, 1.807) is 18.3 Å². The molecule has 0 saturated carbocycles. The molecule has 72 valence electrons. The first-order chi connectivity index (χ1) is 6.75. The maximum Gasteiger partial charge on any atom is 0.267 e. The van der Waals surface area contributed by atoms with Crippen LogP contribution in [0.5, 0.6) is 0 Å². The fraction of sp³-hybridized carbons (Fsp3) is 0.222. The lowest BCUT2D eigenvalue weighted by Crippen LogP contribution is -2.21. The van der Waals surface area contributed by atoms with Gasteiger partial charge in [-0.2, -0.15) is 5.10 Å². The first-order valence-electron chi connectivity index (χ1n) is 4.20. The molecule has 0 N–H and O–H groups in total. The first-order valence-corrected chi connectivity index (χ1v) is 4.20.